The molecule has 0 bridgehead atoms. The molecular weight excluding hydrogens is 677 g/mol. The summed E-state index contributed by atoms with van der Waals surface area (Å²) in [5.41, 5.74) is 5.45. The average Bonchev–Trinajstić information content (AvgIpc) is 2.89. The molecule has 0 aliphatic carbocycles. The number of hydrogen-bond donors (Lipinski definition) is 2. The molecule has 0 saturated carbocycles. The van der Waals surface area contributed by atoms with Crippen LogP contribution in [0.15, 0.2) is 33.8 Å². The summed E-state index contributed by atoms with van der Waals surface area (Å²) in [5.74, 6) is 2.51. The van der Waals surface area contributed by atoms with E-state index in [9.17, 15) is 0 Å². The first-order chi connectivity index (χ1) is 17.9. The number of methoxy groups -OCH3 is 1. The fraction of sp³-hybridized carbons (Fsp3) is 0.333. The largest absolute Gasteiger partial charge is 0.493 e. The Morgan fingerprint density at radius 1 is 1.19 bits per heavy atom. The Balaban J connectivity index is 1.60. The highest BCUT2D eigenvalue weighted by Gasteiger charge is 2.17. The number of morpholine rings is 1. The highest BCUT2D eigenvalue weighted by atomic mass is 127. The van der Waals surface area contributed by atoms with Crippen molar-refractivity contribution in [2.45, 2.75) is 13.8 Å². The van der Waals surface area contributed by atoms with Crippen LogP contribution in [-0.2, 0) is 4.74 Å². The Bertz CT molecular complexity index is 1290. The molecule has 3 aromatic rings. The van der Waals surface area contributed by atoms with Crippen molar-refractivity contribution in [2.24, 2.45) is 5.10 Å². The Kier molecular flexibility index (Phi) is 9.62. The third kappa shape index (κ3) is 7.12. The molecule has 13 heteroatoms. The minimum atomic E-state index is 0.289. The summed E-state index contributed by atoms with van der Waals surface area (Å²) in [6.45, 7) is 6.99. The topological polar surface area (TPSA) is 106 Å². The van der Waals surface area contributed by atoms with E-state index in [1.165, 1.54) is 0 Å². The lowest BCUT2D eigenvalue weighted by molar-refractivity contribution is 0.122. The van der Waals surface area contributed by atoms with Crippen molar-refractivity contribution in [3.63, 3.8) is 0 Å². The molecule has 0 amide bonds. The van der Waals surface area contributed by atoms with E-state index in [2.05, 4.69) is 69.3 Å². The first kappa shape index (κ1) is 27.6. The lowest BCUT2D eigenvalue weighted by atomic mass is 10.2. The number of nitrogens with one attached hydrogen (secondary N) is 2. The summed E-state index contributed by atoms with van der Waals surface area (Å²) in [7, 11) is 1.61. The van der Waals surface area contributed by atoms with E-state index in [0.29, 0.717) is 61.3 Å². The smallest absolute Gasteiger partial charge is 0.250 e. The molecule has 10 nitrogen and oxygen atoms in total. The van der Waals surface area contributed by atoms with Crippen LogP contribution in [0.2, 0.25) is 5.02 Å². The zero-order valence-electron chi connectivity index (χ0n) is 20.5. The molecular formula is C24H26BrClIN7O3. The molecule has 0 spiro atoms. The number of hydrogen-bond acceptors (Lipinski definition) is 10. The van der Waals surface area contributed by atoms with Gasteiger partial charge in [0.25, 0.3) is 0 Å². The fourth-order valence-corrected chi connectivity index (χ4v) is 5.00. The first-order valence-corrected chi connectivity index (χ1v) is 13.7. The second-order valence-electron chi connectivity index (χ2n) is 7.93. The van der Waals surface area contributed by atoms with Crippen molar-refractivity contribution >= 4 is 79.9 Å². The second-order valence-corrected chi connectivity index (χ2v) is 10.3. The quantitative estimate of drug-likeness (QED) is 0.167. The summed E-state index contributed by atoms with van der Waals surface area (Å²) in [5, 5.41) is 8.22. The predicted octanol–water partition coefficient (Wildman–Crippen LogP) is 5.63. The van der Waals surface area contributed by atoms with Gasteiger partial charge in [0, 0.05) is 22.6 Å². The van der Waals surface area contributed by atoms with E-state index in [4.69, 9.17) is 25.8 Å². The molecule has 1 aliphatic heterocycles. The van der Waals surface area contributed by atoms with Crippen LogP contribution >= 0.6 is 50.1 Å². The number of aryl methyl sites for hydroxylation is 1. The van der Waals surface area contributed by atoms with Crippen LogP contribution in [-0.4, -0.2) is 61.2 Å². The summed E-state index contributed by atoms with van der Waals surface area (Å²) in [6.07, 6.45) is 1.67. The van der Waals surface area contributed by atoms with Crippen LogP contribution in [0.25, 0.3) is 0 Å². The average molecular weight is 703 g/mol. The van der Waals surface area contributed by atoms with Gasteiger partial charge in [-0.05, 0) is 87.8 Å². The number of hydrazone groups is 1. The Hall–Kier alpha value is -2.42. The lowest BCUT2D eigenvalue weighted by Crippen LogP contribution is -2.37. The normalized spacial score (nSPS) is 13.6. The van der Waals surface area contributed by atoms with E-state index < -0.39 is 0 Å². The van der Waals surface area contributed by atoms with Crippen LogP contribution in [0.3, 0.4) is 0 Å². The van der Waals surface area contributed by atoms with E-state index in [1.54, 1.807) is 13.3 Å². The predicted molar refractivity (Wildman–Crippen MR) is 158 cm³/mol. The maximum Gasteiger partial charge on any atom is 0.250 e. The van der Waals surface area contributed by atoms with Gasteiger partial charge in [-0.25, -0.2) is 5.43 Å². The van der Waals surface area contributed by atoms with Gasteiger partial charge in [-0.3, -0.25) is 0 Å². The van der Waals surface area contributed by atoms with Crippen molar-refractivity contribution < 1.29 is 14.2 Å². The number of rotatable bonds is 9. The summed E-state index contributed by atoms with van der Waals surface area (Å²) >= 11 is 12.1. The lowest BCUT2D eigenvalue weighted by Gasteiger charge is -2.27. The van der Waals surface area contributed by atoms with Crippen molar-refractivity contribution in [3.8, 4) is 11.5 Å². The van der Waals surface area contributed by atoms with E-state index in [-0.39, 0.29) is 5.95 Å². The van der Waals surface area contributed by atoms with Gasteiger partial charge in [0.15, 0.2) is 11.5 Å². The monoisotopic (exact) mass is 701 g/mol. The Labute approximate surface area is 242 Å². The molecule has 0 atom stereocenters. The standard InChI is InChI=1S/C24H26BrClIN7O3/c1-4-37-21-18(27)10-15(11-20(21)35-3)13-28-33-23-30-22(29-19-12-17(26)14(2)9-16(19)25)31-24(32-23)34-5-7-36-8-6-34/h9-13H,4-8H2,1-3H3,(H2,29,30,31,32,33). The maximum absolute atomic E-state index is 6.34. The van der Waals surface area contributed by atoms with Gasteiger partial charge >= 0.3 is 0 Å². The van der Waals surface area contributed by atoms with Crippen molar-refractivity contribution in [2.75, 3.05) is 55.7 Å². The van der Waals surface area contributed by atoms with Crippen molar-refractivity contribution in [1.82, 2.24) is 15.0 Å². The molecule has 1 aliphatic rings. The van der Waals surface area contributed by atoms with Gasteiger partial charge in [-0.1, -0.05) is 11.6 Å². The van der Waals surface area contributed by atoms with Crippen LogP contribution < -0.4 is 25.1 Å². The molecule has 196 valence electrons. The van der Waals surface area contributed by atoms with Crippen molar-refractivity contribution in [1.29, 1.82) is 0 Å². The van der Waals surface area contributed by atoms with Gasteiger partial charge in [-0.15, -0.1) is 0 Å². The maximum atomic E-state index is 6.34. The molecule has 2 N–H and O–H groups in total. The molecule has 2 heterocycles. The molecule has 1 fully saturated rings. The highest BCUT2D eigenvalue weighted by molar-refractivity contribution is 14.1. The number of halogens is 3. The van der Waals surface area contributed by atoms with Gasteiger partial charge in [0.05, 0.1) is 42.4 Å². The third-order valence-corrected chi connectivity index (χ3v) is 7.20. The van der Waals surface area contributed by atoms with Crippen LogP contribution in [0, 0.1) is 10.5 Å². The second kappa shape index (κ2) is 12.9. The SMILES string of the molecule is CCOc1c(I)cc(C=NNc2nc(Nc3cc(Cl)c(C)cc3Br)nc(N3CCOCC3)n2)cc1OC. The number of ether oxygens (including phenoxy) is 3. The summed E-state index contributed by atoms with van der Waals surface area (Å²) in [4.78, 5) is 15.8. The zero-order valence-corrected chi connectivity index (χ0v) is 25.0. The van der Waals surface area contributed by atoms with E-state index in [1.807, 2.05) is 43.0 Å². The third-order valence-electron chi connectivity index (χ3n) is 5.33. The number of aromatic nitrogens is 3. The molecule has 0 unspecified atom stereocenters. The van der Waals surface area contributed by atoms with Crippen LogP contribution in [0.5, 0.6) is 11.5 Å². The summed E-state index contributed by atoms with van der Waals surface area (Å²) in [6, 6.07) is 7.57. The fourth-order valence-electron chi connectivity index (χ4n) is 3.50. The van der Waals surface area contributed by atoms with E-state index >= 15 is 0 Å². The molecule has 1 saturated heterocycles. The van der Waals surface area contributed by atoms with Gasteiger partial charge in [0.2, 0.25) is 17.8 Å². The van der Waals surface area contributed by atoms with Gasteiger partial charge in [0.1, 0.15) is 0 Å². The van der Waals surface area contributed by atoms with Crippen LogP contribution in [0.1, 0.15) is 18.1 Å². The zero-order chi connectivity index (χ0) is 26.4. The molecule has 1 aromatic heterocycles. The van der Waals surface area contributed by atoms with Crippen LogP contribution in [0.4, 0.5) is 23.5 Å². The molecule has 37 heavy (non-hydrogen) atoms. The molecule has 0 radical (unpaired) electrons. The van der Waals surface area contributed by atoms with E-state index in [0.717, 1.165) is 24.9 Å². The molecule has 4 rings (SSSR count). The Morgan fingerprint density at radius 2 is 1.95 bits per heavy atom. The summed E-state index contributed by atoms with van der Waals surface area (Å²) < 4.78 is 18.4. The number of anilines is 4. The molecule has 2 aromatic carbocycles. The van der Waals surface area contributed by atoms with Crippen molar-refractivity contribution in [3.05, 3.63) is 48.5 Å². The number of nitrogens with zero attached hydrogens (tertiary/aromatic N) is 5. The first-order valence-electron chi connectivity index (χ1n) is 11.5. The minimum Gasteiger partial charge on any atom is -0.493 e. The highest BCUT2D eigenvalue weighted by Crippen LogP contribution is 2.34. The van der Waals surface area contributed by atoms with Gasteiger partial charge in [-0.2, -0.15) is 20.1 Å². The number of benzene rings is 2. The Morgan fingerprint density at radius 3 is 2.68 bits per heavy atom. The minimum absolute atomic E-state index is 0.289. The van der Waals surface area contributed by atoms with Gasteiger partial charge < -0.3 is 24.4 Å².